The fraction of sp³-hybridized carbons (Fsp3) is 0.458. The van der Waals surface area contributed by atoms with Gasteiger partial charge in [0.25, 0.3) is 0 Å². The summed E-state index contributed by atoms with van der Waals surface area (Å²) in [6.45, 7) is 7.38. The largest absolute Gasteiger partial charge is 0.352 e. The molecule has 0 aromatic heterocycles. The van der Waals surface area contributed by atoms with Crippen molar-refractivity contribution in [3.63, 3.8) is 0 Å². The molecule has 1 aliphatic rings. The van der Waals surface area contributed by atoms with Gasteiger partial charge in [-0.3, -0.25) is 9.89 Å². The smallest absolute Gasteiger partial charge is 0.193 e. The van der Waals surface area contributed by atoms with E-state index in [1.165, 1.54) is 36.2 Å². The van der Waals surface area contributed by atoms with Crippen LogP contribution in [0.4, 0.5) is 0 Å². The van der Waals surface area contributed by atoms with E-state index in [0.717, 1.165) is 38.7 Å². The Bertz CT molecular complexity index is 763. The molecule has 1 saturated heterocycles. The van der Waals surface area contributed by atoms with Gasteiger partial charge in [-0.05, 0) is 43.2 Å². The van der Waals surface area contributed by atoms with Gasteiger partial charge >= 0.3 is 0 Å². The number of rotatable bonds is 6. The lowest BCUT2D eigenvalue weighted by Gasteiger charge is -2.22. The molecule has 6 heteroatoms. The number of halogens is 1. The predicted octanol–water partition coefficient (Wildman–Crippen LogP) is 3.65. The zero-order chi connectivity index (χ0) is 20.5. The Morgan fingerprint density at radius 3 is 2.33 bits per heavy atom. The van der Waals surface area contributed by atoms with Crippen molar-refractivity contribution in [2.45, 2.75) is 26.1 Å². The molecule has 3 rings (SSSR count). The molecule has 1 fully saturated rings. The van der Waals surface area contributed by atoms with Crippen LogP contribution in [0.5, 0.6) is 0 Å². The summed E-state index contributed by atoms with van der Waals surface area (Å²) in [6, 6.07) is 19.5. The molecule has 164 valence electrons. The highest BCUT2D eigenvalue weighted by Crippen LogP contribution is 2.10. The van der Waals surface area contributed by atoms with Gasteiger partial charge in [-0.15, -0.1) is 24.0 Å². The molecule has 0 saturated carbocycles. The van der Waals surface area contributed by atoms with Crippen molar-refractivity contribution in [3.05, 3.63) is 71.3 Å². The molecule has 2 aromatic rings. The topological polar surface area (TPSA) is 34.1 Å². The van der Waals surface area contributed by atoms with Gasteiger partial charge in [0, 0.05) is 46.8 Å². The van der Waals surface area contributed by atoms with E-state index in [-0.39, 0.29) is 24.0 Å². The van der Waals surface area contributed by atoms with Gasteiger partial charge in [-0.25, -0.2) is 0 Å². The molecule has 0 spiro atoms. The van der Waals surface area contributed by atoms with E-state index in [4.69, 9.17) is 0 Å². The lowest BCUT2D eigenvalue weighted by Crippen LogP contribution is -2.38. The van der Waals surface area contributed by atoms with Crippen LogP contribution in [-0.2, 0) is 19.6 Å². The van der Waals surface area contributed by atoms with Crippen molar-refractivity contribution in [3.8, 4) is 0 Å². The maximum Gasteiger partial charge on any atom is 0.193 e. The molecule has 0 bridgehead atoms. The molecule has 30 heavy (non-hydrogen) atoms. The number of hydrogen-bond acceptors (Lipinski definition) is 3. The van der Waals surface area contributed by atoms with Gasteiger partial charge in [-0.2, -0.15) is 0 Å². The fourth-order valence-electron chi connectivity index (χ4n) is 3.78. The Morgan fingerprint density at radius 1 is 0.933 bits per heavy atom. The van der Waals surface area contributed by atoms with Gasteiger partial charge in [0.05, 0.1) is 0 Å². The molecule has 0 aliphatic carbocycles. The predicted molar refractivity (Wildman–Crippen MR) is 137 cm³/mol. The lowest BCUT2D eigenvalue weighted by molar-refractivity contribution is 0.269. The summed E-state index contributed by atoms with van der Waals surface area (Å²) >= 11 is 0. The summed E-state index contributed by atoms with van der Waals surface area (Å²) in [6.07, 6.45) is 1.26. The van der Waals surface area contributed by atoms with E-state index in [1.807, 2.05) is 13.1 Å². The summed E-state index contributed by atoms with van der Waals surface area (Å²) in [5, 5.41) is 3.48. The monoisotopic (exact) mass is 521 g/mol. The minimum absolute atomic E-state index is 0. The first-order chi connectivity index (χ1) is 14.1. The highest BCUT2D eigenvalue weighted by atomic mass is 127. The third-order valence-electron chi connectivity index (χ3n) is 5.53. The van der Waals surface area contributed by atoms with Crippen LogP contribution in [0.2, 0.25) is 0 Å². The highest BCUT2D eigenvalue weighted by Gasteiger charge is 2.12. The fourth-order valence-corrected chi connectivity index (χ4v) is 3.78. The van der Waals surface area contributed by atoms with Crippen LogP contribution >= 0.6 is 24.0 Å². The van der Waals surface area contributed by atoms with E-state index in [2.05, 4.69) is 87.6 Å². The number of nitrogens with zero attached hydrogens (tertiary/aromatic N) is 4. The van der Waals surface area contributed by atoms with Crippen molar-refractivity contribution < 1.29 is 0 Å². The summed E-state index contributed by atoms with van der Waals surface area (Å²) in [4.78, 5) is 11.6. The summed E-state index contributed by atoms with van der Waals surface area (Å²) in [5.41, 5.74) is 3.95. The first-order valence-electron chi connectivity index (χ1n) is 10.6. The third-order valence-corrected chi connectivity index (χ3v) is 5.53. The summed E-state index contributed by atoms with van der Waals surface area (Å²) in [7, 11) is 6.13. The van der Waals surface area contributed by atoms with Crippen LogP contribution in [0.1, 0.15) is 23.1 Å². The van der Waals surface area contributed by atoms with Crippen LogP contribution in [0.3, 0.4) is 0 Å². The van der Waals surface area contributed by atoms with Gasteiger partial charge in [0.1, 0.15) is 0 Å². The molecule has 2 aromatic carbocycles. The zero-order valence-electron chi connectivity index (χ0n) is 18.6. The second-order valence-electron chi connectivity index (χ2n) is 7.99. The van der Waals surface area contributed by atoms with Crippen LogP contribution in [0, 0.1) is 0 Å². The Morgan fingerprint density at radius 2 is 1.63 bits per heavy atom. The molecule has 1 aliphatic heterocycles. The second-order valence-corrected chi connectivity index (χ2v) is 7.99. The van der Waals surface area contributed by atoms with E-state index in [9.17, 15) is 0 Å². The SMILES string of the molecule is CN=C(NCc1ccc(CN2CCCN(C)CC2)cc1)N(C)Cc1ccccc1.I. The van der Waals surface area contributed by atoms with Gasteiger partial charge < -0.3 is 15.1 Å². The van der Waals surface area contributed by atoms with Crippen molar-refractivity contribution in [1.29, 1.82) is 0 Å². The Kier molecular flexibility index (Phi) is 10.6. The molecule has 0 amide bonds. The van der Waals surface area contributed by atoms with Crippen molar-refractivity contribution in [2.24, 2.45) is 4.99 Å². The maximum atomic E-state index is 4.43. The van der Waals surface area contributed by atoms with Crippen LogP contribution in [0.15, 0.2) is 59.6 Å². The quantitative estimate of drug-likeness (QED) is 0.358. The molecule has 5 nitrogen and oxygen atoms in total. The number of nitrogens with one attached hydrogen (secondary N) is 1. The third kappa shape index (κ3) is 7.89. The van der Waals surface area contributed by atoms with Gasteiger partial charge in [0.2, 0.25) is 0 Å². The van der Waals surface area contributed by atoms with Crippen LogP contribution < -0.4 is 5.32 Å². The molecular formula is C24H36IN5. The average molecular weight is 521 g/mol. The van der Waals surface area contributed by atoms with E-state index < -0.39 is 0 Å². The van der Waals surface area contributed by atoms with Gasteiger partial charge in [0.15, 0.2) is 5.96 Å². The lowest BCUT2D eigenvalue weighted by atomic mass is 10.1. The normalized spacial score (nSPS) is 15.9. The maximum absolute atomic E-state index is 4.43. The van der Waals surface area contributed by atoms with Gasteiger partial charge in [-0.1, -0.05) is 54.6 Å². The van der Waals surface area contributed by atoms with Crippen LogP contribution in [0.25, 0.3) is 0 Å². The molecule has 0 unspecified atom stereocenters. The number of benzene rings is 2. The first kappa shape index (κ1) is 24.6. The summed E-state index contributed by atoms with van der Waals surface area (Å²) < 4.78 is 0. The minimum atomic E-state index is 0. The number of hydrogen-bond donors (Lipinski definition) is 1. The van der Waals surface area contributed by atoms with Crippen LogP contribution in [-0.4, -0.2) is 68.0 Å². The van der Waals surface area contributed by atoms with Crippen molar-refractivity contribution in [2.75, 3.05) is 47.3 Å². The second kappa shape index (κ2) is 12.9. The molecule has 1 heterocycles. The summed E-state index contributed by atoms with van der Waals surface area (Å²) in [5.74, 6) is 0.909. The number of guanidine groups is 1. The number of likely N-dealkylation sites (N-methyl/N-ethyl adjacent to an activating group) is 1. The standard InChI is InChI=1S/C24H35N5.HI/c1-25-24(28(3)19-22-8-5-4-6-9-22)26-18-21-10-12-23(13-11-21)20-29-15-7-14-27(2)16-17-29;/h4-6,8-13H,7,14-20H2,1-3H3,(H,25,26);1H. The van der Waals surface area contributed by atoms with E-state index in [1.54, 1.807) is 0 Å². The molecule has 1 N–H and O–H groups in total. The Labute approximate surface area is 199 Å². The van der Waals surface area contributed by atoms with Crippen molar-refractivity contribution >= 4 is 29.9 Å². The average Bonchev–Trinajstić information content (AvgIpc) is 2.94. The molecule has 0 atom stereocenters. The van der Waals surface area contributed by atoms with E-state index in [0.29, 0.717) is 0 Å². The zero-order valence-corrected chi connectivity index (χ0v) is 20.9. The Balaban J connectivity index is 0.00000320. The minimum Gasteiger partial charge on any atom is -0.352 e. The molecule has 0 radical (unpaired) electrons. The Hall–Kier alpha value is -1.64. The molecular weight excluding hydrogens is 485 g/mol. The number of aliphatic imine (C=N–C) groups is 1. The first-order valence-corrected chi connectivity index (χ1v) is 10.6. The highest BCUT2D eigenvalue weighted by molar-refractivity contribution is 14.0. The van der Waals surface area contributed by atoms with Crippen molar-refractivity contribution in [1.82, 2.24) is 20.0 Å². The van der Waals surface area contributed by atoms with E-state index >= 15 is 0 Å².